The first-order valence-corrected chi connectivity index (χ1v) is 27.8. The number of hydrogen-bond acceptors (Lipinski definition) is 14. The summed E-state index contributed by atoms with van der Waals surface area (Å²) in [5.41, 5.74) is 0. The molecule has 0 spiro atoms. The van der Waals surface area contributed by atoms with Gasteiger partial charge in [0.2, 0.25) is 0 Å². The first-order chi connectivity index (χ1) is 35.6. The van der Waals surface area contributed by atoms with Crippen molar-refractivity contribution in [1.29, 1.82) is 0 Å². The van der Waals surface area contributed by atoms with Crippen LogP contribution in [0.3, 0.4) is 0 Å². The Balaban J connectivity index is 1.72. The molecule has 0 bridgehead atoms. The Labute approximate surface area is 439 Å². The molecule has 7 N–H and O–H groups in total. The lowest BCUT2D eigenvalue weighted by Gasteiger charge is -2.42. The van der Waals surface area contributed by atoms with Crippen LogP contribution in [0.25, 0.3) is 0 Å². The fourth-order valence-electron chi connectivity index (χ4n) is 8.15. The van der Waals surface area contributed by atoms with E-state index in [1.54, 1.807) is 0 Å². The molecule has 0 radical (unpaired) electrons. The summed E-state index contributed by atoms with van der Waals surface area (Å²) in [5, 5.41) is 72.2. The molecule has 2 aliphatic heterocycles. The fraction of sp³-hybridized carbons (Fsp3) is 0.712. The van der Waals surface area contributed by atoms with Crippen LogP contribution in [-0.4, -0.2) is 142 Å². The molecular formula is C59H98O14. The molecule has 0 aromatic rings. The van der Waals surface area contributed by atoms with Crippen molar-refractivity contribution in [2.45, 2.75) is 235 Å². The fourth-order valence-corrected chi connectivity index (χ4v) is 8.15. The Morgan fingerprint density at radius 2 is 0.849 bits per heavy atom. The highest BCUT2D eigenvalue weighted by Gasteiger charge is 2.47. The van der Waals surface area contributed by atoms with Crippen LogP contribution >= 0.6 is 0 Å². The van der Waals surface area contributed by atoms with E-state index in [4.69, 9.17) is 28.4 Å². The molecule has 11 unspecified atom stereocenters. The smallest absolute Gasteiger partial charge is 0.306 e. The molecule has 0 aliphatic carbocycles. The van der Waals surface area contributed by atoms with E-state index in [0.717, 1.165) is 109 Å². The molecule has 14 heteroatoms. The summed E-state index contributed by atoms with van der Waals surface area (Å²) in [6.45, 7) is 3.38. The molecule has 2 heterocycles. The molecule has 11 atom stereocenters. The number of aliphatic hydroxyl groups excluding tert-OH is 7. The van der Waals surface area contributed by atoms with Crippen molar-refractivity contribution in [3.63, 3.8) is 0 Å². The maximum absolute atomic E-state index is 13.1. The van der Waals surface area contributed by atoms with Gasteiger partial charge in [-0.3, -0.25) is 4.79 Å². The summed E-state index contributed by atoms with van der Waals surface area (Å²) in [7, 11) is 0. The number of aliphatic hydroxyl groups is 7. The second-order valence-electron chi connectivity index (χ2n) is 19.0. The van der Waals surface area contributed by atoms with Crippen molar-refractivity contribution in [3.8, 4) is 0 Å². The first kappa shape index (κ1) is 66.0. The zero-order valence-electron chi connectivity index (χ0n) is 44.6. The Hall–Kier alpha value is -3.09. The highest BCUT2D eigenvalue weighted by molar-refractivity contribution is 5.69. The monoisotopic (exact) mass is 1030 g/mol. The molecule has 2 saturated heterocycles. The molecular weight excluding hydrogens is 933 g/mol. The van der Waals surface area contributed by atoms with Gasteiger partial charge in [-0.05, 0) is 89.9 Å². The van der Waals surface area contributed by atoms with Gasteiger partial charge in [-0.1, -0.05) is 169 Å². The van der Waals surface area contributed by atoms with Crippen LogP contribution < -0.4 is 0 Å². The molecule has 2 fully saturated rings. The number of esters is 1. The minimum absolute atomic E-state index is 0.0379. The summed E-state index contributed by atoms with van der Waals surface area (Å²) in [6.07, 6.45) is 43.3. The first-order valence-electron chi connectivity index (χ1n) is 27.8. The van der Waals surface area contributed by atoms with Gasteiger partial charge in [0.15, 0.2) is 12.6 Å². The molecule has 0 amide bonds. The van der Waals surface area contributed by atoms with Gasteiger partial charge in [-0.25, -0.2) is 0 Å². The van der Waals surface area contributed by atoms with Crippen LogP contribution in [0.5, 0.6) is 0 Å². The molecule has 0 saturated carbocycles. The summed E-state index contributed by atoms with van der Waals surface area (Å²) >= 11 is 0. The highest BCUT2D eigenvalue weighted by atomic mass is 16.7. The summed E-state index contributed by atoms with van der Waals surface area (Å²) in [4.78, 5) is 13.1. The lowest BCUT2D eigenvalue weighted by molar-refractivity contribution is -0.332. The number of allylic oxidation sites excluding steroid dienone is 16. The zero-order chi connectivity index (χ0) is 53.0. The molecule has 73 heavy (non-hydrogen) atoms. The minimum atomic E-state index is -1.72. The van der Waals surface area contributed by atoms with Crippen molar-refractivity contribution in [2.75, 3.05) is 33.0 Å². The lowest BCUT2D eigenvalue weighted by atomic mass is 9.98. The van der Waals surface area contributed by atoms with Crippen LogP contribution in [0.15, 0.2) is 97.2 Å². The zero-order valence-corrected chi connectivity index (χ0v) is 44.6. The van der Waals surface area contributed by atoms with Gasteiger partial charge in [-0.2, -0.15) is 0 Å². The topological polar surface area (TPSA) is 214 Å². The molecule has 0 aromatic carbocycles. The van der Waals surface area contributed by atoms with Crippen LogP contribution in [0, 0.1) is 0 Å². The van der Waals surface area contributed by atoms with Crippen molar-refractivity contribution < 1.29 is 69.0 Å². The molecule has 14 nitrogen and oxygen atoms in total. The van der Waals surface area contributed by atoms with E-state index in [2.05, 4.69) is 111 Å². The van der Waals surface area contributed by atoms with E-state index in [1.807, 2.05) is 0 Å². The van der Waals surface area contributed by atoms with E-state index in [1.165, 1.54) is 32.1 Å². The Morgan fingerprint density at radius 3 is 1.33 bits per heavy atom. The molecule has 418 valence electrons. The predicted octanol–water partition coefficient (Wildman–Crippen LogP) is 9.41. The number of carbonyl (C=O) groups excluding carboxylic acids is 1. The summed E-state index contributed by atoms with van der Waals surface area (Å²) in [6, 6.07) is 0. The molecule has 2 rings (SSSR count). The van der Waals surface area contributed by atoms with Gasteiger partial charge < -0.3 is 64.2 Å². The lowest BCUT2D eigenvalue weighted by Crippen LogP contribution is -2.61. The van der Waals surface area contributed by atoms with Gasteiger partial charge >= 0.3 is 5.97 Å². The molecule has 0 aromatic heterocycles. The average Bonchev–Trinajstić information content (AvgIpc) is 3.39. The largest absolute Gasteiger partial charge is 0.457 e. The Bertz CT molecular complexity index is 1570. The third-order valence-corrected chi connectivity index (χ3v) is 12.6. The van der Waals surface area contributed by atoms with Crippen LogP contribution in [-0.2, 0) is 33.2 Å². The predicted molar refractivity (Wildman–Crippen MR) is 288 cm³/mol. The minimum Gasteiger partial charge on any atom is -0.457 e. The second kappa shape index (κ2) is 45.1. The van der Waals surface area contributed by atoms with Crippen molar-refractivity contribution in [1.82, 2.24) is 0 Å². The van der Waals surface area contributed by atoms with Crippen LogP contribution in [0.1, 0.15) is 168 Å². The normalized spacial score (nSPS) is 25.7. The Morgan fingerprint density at radius 1 is 0.452 bits per heavy atom. The Kier molecular flexibility index (Phi) is 40.8. The third kappa shape index (κ3) is 32.2. The summed E-state index contributed by atoms with van der Waals surface area (Å²) in [5.74, 6) is -0.395. The standard InChI is InChI=1S/C59H98O14/c1-3-5-7-9-11-13-15-17-19-20-21-22-23-24-25-26-27-28-29-30-32-34-36-38-40-42-51(61)71-48(45-68-43-41-39-37-35-33-31-18-16-14-12-10-8-6-4-2)46-69-58-57(67)55(65)53(63)50(73-58)47-70-59-56(66)54(64)52(62)49(44-60)72-59/h5-8,11-14,17-19,21-22,24-25,31,48-50,52-60,62-67H,3-4,9-10,15-16,20,23,26-30,32-47H2,1-2H3/b7-5-,8-6-,13-11-,14-12-,19-17-,22-21-,25-24-,31-18-. The van der Waals surface area contributed by atoms with E-state index in [-0.39, 0.29) is 19.6 Å². The van der Waals surface area contributed by atoms with E-state index >= 15 is 0 Å². The van der Waals surface area contributed by atoms with E-state index in [0.29, 0.717) is 13.0 Å². The maximum Gasteiger partial charge on any atom is 0.306 e. The number of hydrogen-bond donors (Lipinski definition) is 7. The number of ether oxygens (including phenoxy) is 6. The number of carbonyl (C=O) groups is 1. The van der Waals surface area contributed by atoms with Crippen LogP contribution in [0.4, 0.5) is 0 Å². The number of unbranched alkanes of at least 4 members (excludes halogenated alkanes) is 13. The molecule has 2 aliphatic rings. The van der Waals surface area contributed by atoms with Crippen molar-refractivity contribution in [2.24, 2.45) is 0 Å². The van der Waals surface area contributed by atoms with Crippen molar-refractivity contribution in [3.05, 3.63) is 97.2 Å². The maximum atomic E-state index is 13.1. The average molecular weight is 1030 g/mol. The SMILES string of the molecule is CC/C=C\C/C=C\C/C=C\C/C=C\C/C=C\CCCCCCCCCCCC(=O)OC(COCCCCCC/C=C\C/C=C\C/C=C\CC)COC1OC(COC2OC(CO)C(O)C(O)C2O)C(O)C(O)C1O. The van der Waals surface area contributed by atoms with Gasteiger partial charge in [0.1, 0.15) is 54.9 Å². The quantitative estimate of drug-likeness (QED) is 0.0172. The van der Waals surface area contributed by atoms with E-state index in [9.17, 15) is 40.5 Å². The van der Waals surface area contributed by atoms with Gasteiger partial charge in [0, 0.05) is 13.0 Å². The van der Waals surface area contributed by atoms with Gasteiger partial charge in [0.05, 0.1) is 26.4 Å². The van der Waals surface area contributed by atoms with Crippen molar-refractivity contribution >= 4 is 5.97 Å². The number of rotatable bonds is 43. The summed E-state index contributed by atoms with van der Waals surface area (Å²) < 4.78 is 34.3. The second-order valence-corrected chi connectivity index (χ2v) is 19.0. The van der Waals surface area contributed by atoms with E-state index < -0.39 is 86.7 Å². The highest BCUT2D eigenvalue weighted by Crippen LogP contribution is 2.26. The third-order valence-electron chi connectivity index (χ3n) is 12.6. The van der Waals surface area contributed by atoms with Gasteiger partial charge in [0.25, 0.3) is 0 Å². The van der Waals surface area contributed by atoms with Gasteiger partial charge in [-0.15, -0.1) is 0 Å². The van der Waals surface area contributed by atoms with Crippen LogP contribution in [0.2, 0.25) is 0 Å².